The Labute approximate surface area is 83.0 Å². The highest BCUT2D eigenvalue weighted by Crippen LogP contribution is 2.14. The van der Waals surface area contributed by atoms with E-state index in [1.807, 2.05) is 31.2 Å². The van der Waals surface area contributed by atoms with Crippen molar-refractivity contribution in [1.82, 2.24) is 0 Å². The van der Waals surface area contributed by atoms with Gasteiger partial charge < -0.3 is 9.47 Å². The van der Waals surface area contributed by atoms with Crippen molar-refractivity contribution in [3.05, 3.63) is 42.0 Å². The summed E-state index contributed by atoms with van der Waals surface area (Å²) in [5.41, 5.74) is 1.90. The van der Waals surface area contributed by atoms with Crippen molar-refractivity contribution in [3.63, 3.8) is 0 Å². The number of carbonyl (C=O) groups is 1. The Morgan fingerprint density at radius 3 is 2.36 bits per heavy atom. The summed E-state index contributed by atoms with van der Waals surface area (Å²) in [6.07, 6.45) is -0.754. The fraction of sp³-hybridized carbons (Fsp3) is 0.182. The Morgan fingerprint density at radius 2 is 1.86 bits per heavy atom. The SMILES string of the molecule is C=C(OC(=O)OC)c1ccc(C)cc1. The van der Waals surface area contributed by atoms with Gasteiger partial charge in [-0.15, -0.1) is 0 Å². The number of carbonyl (C=O) groups excluding carboxylic acids is 1. The average molecular weight is 192 g/mol. The van der Waals surface area contributed by atoms with E-state index in [9.17, 15) is 4.79 Å². The molecule has 14 heavy (non-hydrogen) atoms. The van der Waals surface area contributed by atoms with Crippen LogP contribution in [0.25, 0.3) is 5.76 Å². The normalized spacial score (nSPS) is 9.29. The molecule has 0 aliphatic rings. The van der Waals surface area contributed by atoms with E-state index in [0.717, 1.165) is 11.1 Å². The van der Waals surface area contributed by atoms with Crippen LogP contribution in [0.5, 0.6) is 0 Å². The number of aryl methyl sites for hydroxylation is 1. The molecule has 0 bridgehead atoms. The lowest BCUT2D eigenvalue weighted by molar-refractivity contribution is 0.112. The number of hydrogen-bond acceptors (Lipinski definition) is 3. The fourth-order valence-corrected chi connectivity index (χ4v) is 0.941. The highest BCUT2D eigenvalue weighted by molar-refractivity contribution is 5.71. The molecule has 0 radical (unpaired) electrons. The first-order chi connectivity index (χ1) is 6.63. The van der Waals surface area contributed by atoms with E-state index in [1.54, 1.807) is 0 Å². The van der Waals surface area contributed by atoms with Crippen molar-refractivity contribution in [3.8, 4) is 0 Å². The van der Waals surface area contributed by atoms with E-state index < -0.39 is 6.16 Å². The standard InChI is InChI=1S/C11H12O3/c1-8-4-6-10(7-5-8)9(2)14-11(12)13-3/h4-7H,2H2,1,3H3. The minimum atomic E-state index is -0.754. The number of rotatable bonds is 2. The van der Waals surface area contributed by atoms with Gasteiger partial charge in [-0.05, 0) is 6.92 Å². The Hall–Kier alpha value is -1.77. The van der Waals surface area contributed by atoms with Crippen molar-refractivity contribution in [1.29, 1.82) is 0 Å². The topological polar surface area (TPSA) is 35.5 Å². The molecule has 0 aromatic heterocycles. The minimum Gasteiger partial charge on any atom is -0.437 e. The third-order valence-corrected chi connectivity index (χ3v) is 1.75. The molecule has 0 heterocycles. The third kappa shape index (κ3) is 2.62. The van der Waals surface area contributed by atoms with E-state index in [1.165, 1.54) is 7.11 Å². The van der Waals surface area contributed by atoms with Crippen LogP contribution < -0.4 is 0 Å². The average Bonchev–Trinajstić information content (AvgIpc) is 2.18. The molecular weight excluding hydrogens is 180 g/mol. The summed E-state index contributed by atoms with van der Waals surface area (Å²) < 4.78 is 9.11. The zero-order valence-electron chi connectivity index (χ0n) is 8.24. The van der Waals surface area contributed by atoms with Crippen molar-refractivity contribution < 1.29 is 14.3 Å². The van der Waals surface area contributed by atoms with E-state index in [4.69, 9.17) is 4.74 Å². The maximum atomic E-state index is 10.8. The molecule has 0 atom stereocenters. The number of methoxy groups -OCH3 is 1. The van der Waals surface area contributed by atoms with Crippen LogP contribution in [0.1, 0.15) is 11.1 Å². The monoisotopic (exact) mass is 192 g/mol. The lowest BCUT2D eigenvalue weighted by Crippen LogP contribution is -2.02. The largest absolute Gasteiger partial charge is 0.513 e. The molecule has 3 heteroatoms. The zero-order valence-corrected chi connectivity index (χ0v) is 8.24. The van der Waals surface area contributed by atoms with Gasteiger partial charge in [0.1, 0.15) is 5.76 Å². The van der Waals surface area contributed by atoms with E-state index >= 15 is 0 Å². The molecule has 0 fully saturated rings. The summed E-state index contributed by atoms with van der Waals surface area (Å²) in [5.74, 6) is 0.289. The van der Waals surface area contributed by atoms with Crippen LogP contribution >= 0.6 is 0 Å². The van der Waals surface area contributed by atoms with Crippen LogP contribution in [0.4, 0.5) is 4.79 Å². The van der Waals surface area contributed by atoms with Crippen LogP contribution in [0.2, 0.25) is 0 Å². The zero-order chi connectivity index (χ0) is 10.6. The Morgan fingerprint density at radius 1 is 1.29 bits per heavy atom. The van der Waals surface area contributed by atoms with Crippen LogP contribution in [-0.4, -0.2) is 13.3 Å². The summed E-state index contributed by atoms with van der Waals surface area (Å²) in [6, 6.07) is 7.50. The van der Waals surface area contributed by atoms with E-state index in [0.29, 0.717) is 0 Å². The fourth-order valence-electron chi connectivity index (χ4n) is 0.941. The summed E-state index contributed by atoms with van der Waals surface area (Å²) in [6.45, 7) is 5.60. The van der Waals surface area contributed by atoms with Crippen molar-refractivity contribution in [2.75, 3.05) is 7.11 Å². The second-order valence-electron chi connectivity index (χ2n) is 2.85. The first kappa shape index (κ1) is 10.3. The van der Waals surface area contributed by atoms with Gasteiger partial charge in [-0.1, -0.05) is 36.4 Å². The lowest BCUT2D eigenvalue weighted by atomic mass is 10.1. The lowest BCUT2D eigenvalue weighted by Gasteiger charge is -2.05. The van der Waals surface area contributed by atoms with Crippen LogP contribution in [-0.2, 0) is 9.47 Å². The maximum Gasteiger partial charge on any atom is 0.513 e. The van der Waals surface area contributed by atoms with E-state index in [-0.39, 0.29) is 5.76 Å². The van der Waals surface area contributed by atoms with Gasteiger partial charge in [0.25, 0.3) is 0 Å². The molecule has 1 rings (SSSR count). The van der Waals surface area contributed by atoms with Gasteiger partial charge >= 0.3 is 6.16 Å². The molecule has 0 saturated carbocycles. The molecule has 0 spiro atoms. The van der Waals surface area contributed by atoms with Gasteiger partial charge in [-0.2, -0.15) is 0 Å². The molecule has 1 aromatic carbocycles. The predicted octanol–water partition coefficient (Wildman–Crippen LogP) is 2.75. The molecule has 0 aliphatic carbocycles. The number of benzene rings is 1. The first-order valence-corrected chi connectivity index (χ1v) is 4.15. The first-order valence-electron chi connectivity index (χ1n) is 4.15. The number of ether oxygens (including phenoxy) is 2. The predicted molar refractivity (Wildman–Crippen MR) is 53.7 cm³/mol. The van der Waals surface area contributed by atoms with Gasteiger partial charge in [0.05, 0.1) is 7.11 Å². The van der Waals surface area contributed by atoms with Gasteiger partial charge in [0.2, 0.25) is 0 Å². The summed E-state index contributed by atoms with van der Waals surface area (Å²) >= 11 is 0. The molecule has 0 unspecified atom stereocenters. The summed E-state index contributed by atoms with van der Waals surface area (Å²) in [5, 5.41) is 0. The van der Waals surface area contributed by atoms with Gasteiger partial charge in [-0.25, -0.2) is 4.79 Å². The van der Waals surface area contributed by atoms with Gasteiger partial charge in [0.15, 0.2) is 0 Å². The maximum absolute atomic E-state index is 10.8. The summed E-state index contributed by atoms with van der Waals surface area (Å²) in [4.78, 5) is 10.8. The molecule has 0 saturated heterocycles. The molecule has 3 nitrogen and oxygen atoms in total. The van der Waals surface area contributed by atoms with Crippen LogP contribution in [0.3, 0.4) is 0 Å². The molecule has 0 N–H and O–H groups in total. The highest BCUT2D eigenvalue weighted by atomic mass is 16.7. The summed E-state index contributed by atoms with van der Waals surface area (Å²) in [7, 11) is 1.25. The van der Waals surface area contributed by atoms with Crippen molar-refractivity contribution in [2.45, 2.75) is 6.92 Å². The third-order valence-electron chi connectivity index (χ3n) is 1.75. The molecule has 0 aliphatic heterocycles. The molecular formula is C11H12O3. The number of hydrogen-bond donors (Lipinski definition) is 0. The molecule has 74 valence electrons. The van der Waals surface area contributed by atoms with Crippen LogP contribution in [0, 0.1) is 6.92 Å². The quantitative estimate of drug-likeness (QED) is 0.534. The van der Waals surface area contributed by atoms with Crippen molar-refractivity contribution >= 4 is 11.9 Å². The molecule has 0 amide bonds. The Kier molecular flexibility index (Phi) is 3.29. The second-order valence-corrected chi connectivity index (χ2v) is 2.85. The molecule has 1 aromatic rings. The smallest absolute Gasteiger partial charge is 0.437 e. The highest BCUT2D eigenvalue weighted by Gasteiger charge is 2.05. The Balaban J connectivity index is 2.70. The van der Waals surface area contributed by atoms with E-state index in [2.05, 4.69) is 11.3 Å². The van der Waals surface area contributed by atoms with Gasteiger partial charge in [0, 0.05) is 5.56 Å². The minimum absolute atomic E-state index is 0.289. The Bertz CT molecular complexity index is 338. The van der Waals surface area contributed by atoms with Crippen LogP contribution in [0.15, 0.2) is 30.8 Å². The second kappa shape index (κ2) is 4.46. The van der Waals surface area contributed by atoms with Crippen molar-refractivity contribution in [2.24, 2.45) is 0 Å². The van der Waals surface area contributed by atoms with Gasteiger partial charge in [-0.3, -0.25) is 0 Å².